The molecule has 1 saturated carbocycles. The van der Waals surface area contributed by atoms with Gasteiger partial charge in [0.1, 0.15) is 0 Å². The molecule has 0 bridgehead atoms. The summed E-state index contributed by atoms with van der Waals surface area (Å²) in [4.78, 5) is 21.8. The molecule has 1 atom stereocenters. The van der Waals surface area contributed by atoms with Crippen molar-refractivity contribution in [2.75, 3.05) is 19.6 Å². The lowest BCUT2D eigenvalue weighted by atomic mass is 10.2. The summed E-state index contributed by atoms with van der Waals surface area (Å²) in [6.07, 6.45) is 1.60. The molecular formula is C9H17N3O3. The van der Waals surface area contributed by atoms with Crippen LogP contribution in [-0.4, -0.2) is 42.7 Å². The summed E-state index contributed by atoms with van der Waals surface area (Å²) in [6, 6.07) is 0. The van der Waals surface area contributed by atoms with Crippen molar-refractivity contribution >= 4 is 11.8 Å². The highest BCUT2D eigenvalue weighted by Crippen LogP contribution is 2.32. The molecule has 1 aliphatic rings. The van der Waals surface area contributed by atoms with E-state index in [0.717, 1.165) is 12.8 Å². The van der Waals surface area contributed by atoms with Crippen LogP contribution in [0.5, 0.6) is 0 Å². The summed E-state index contributed by atoms with van der Waals surface area (Å²) in [5, 5.41) is 14.3. The van der Waals surface area contributed by atoms with Gasteiger partial charge in [0.15, 0.2) is 0 Å². The first-order valence-electron chi connectivity index (χ1n) is 5.05. The van der Waals surface area contributed by atoms with E-state index in [2.05, 4.69) is 10.6 Å². The average Bonchev–Trinajstić information content (AvgIpc) is 3.05. The predicted molar refractivity (Wildman–Crippen MR) is 53.8 cm³/mol. The van der Waals surface area contributed by atoms with Gasteiger partial charge in [-0.2, -0.15) is 0 Å². The molecule has 1 fully saturated rings. The number of hydrogen-bond acceptors (Lipinski definition) is 4. The molecule has 0 aromatic carbocycles. The van der Waals surface area contributed by atoms with E-state index in [9.17, 15) is 14.7 Å². The molecule has 86 valence electrons. The van der Waals surface area contributed by atoms with Gasteiger partial charge < -0.3 is 21.5 Å². The summed E-state index contributed by atoms with van der Waals surface area (Å²) in [5.41, 5.74) is 5.04. The van der Waals surface area contributed by atoms with Crippen molar-refractivity contribution in [1.29, 1.82) is 0 Å². The molecule has 0 aromatic heterocycles. The van der Waals surface area contributed by atoms with Crippen LogP contribution in [0.4, 0.5) is 0 Å². The largest absolute Gasteiger partial charge is 0.391 e. The van der Waals surface area contributed by atoms with Gasteiger partial charge in [0, 0.05) is 6.54 Å². The first-order valence-corrected chi connectivity index (χ1v) is 5.05. The average molecular weight is 215 g/mol. The van der Waals surface area contributed by atoms with Crippen molar-refractivity contribution in [3.8, 4) is 0 Å². The highest BCUT2D eigenvalue weighted by molar-refractivity contribution is 5.85. The third kappa shape index (κ3) is 4.75. The summed E-state index contributed by atoms with van der Waals surface area (Å²) < 4.78 is 0. The standard InChI is InChI=1S/C9H17N3O3/c10-3-8(14)12-5-9(15)11-4-7(13)6-1-2-6/h6-7,13H,1-5,10H2,(H,11,15)(H,12,14). The second-order valence-electron chi connectivity index (χ2n) is 3.69. The van der Waals surface area contributed by atoms with Crippen molar-refractivity contribution in [2.45, 2.75) is 18.9 Å². The second kappa shape index (κ2) is 5.67. The van der Waals surface area contributed by atoms with Gasteiger partial charge in [0.25, 0.3) is 0 Å². The van der Waals surface area contributed by atoms with E-state index >= 15 is 0 Å². The quantitative estimate of drug-likeness (QED) is 0.409. The van der Waals surface area contributed by atoms with Gasteiger partial charge in [-0.15, -0.1) is 0 Å². The number of carbonyl (C=O) groups is 2. The van der Waals surface area contributed by atoms with Crippen molar-refractivity contribution < 1.29 is 14.7 Å². The number of nitrogens with one attached hydrogen (secondary N) is 2. The number of aliphatic hydroxyl groups excluding tert-OH is 1. The molecule has 6 nitrogen and oxygen atoms in total. The predicted octanol–water partition coefficient (Wildman–Crippen LogP) is -2.05. The van der Waals surface area contributed by atoms with Crippen molar-refractivity contribution in [3.05, 3.63) is 0 Å². The number of aliphatic hydroxyl groups is 1. The molecule has 1 aliphatic carbocycles. The van der Waals surface area contributed by atoms with Gasteiger partial charge in [0.05, 0.1) is 19.2 Å². The maximum absolute atomic E-state index is 11.1. The molecule has 6 heteroatoms. The van der Waals surface area contributed by atoms with Crippen molar-refractivity contribution in [3.63, 3.8) is 0 Å². The lowest BCUT2D eigenvalue weighted by Crippen LogP contribution is -2.42. The Labute approximate surface area is 88.2 Å². The Morgan fingerprint density at radius 1 is 1.33 bits per heavy atom. The summed E-state index contributed by atoms with van der Waals surface area (Å²) in [5.74, 6) is -0.340. The number of carbonyl (C=O) groups excluding carboxylic acids is 2. The zero-order valence-corrected chi connectivity index (χ0v) is 8.53. The first-order chi connectivity index (χ1) is 7.13. The molecule has 5 N–H and O–H groups in total. The minimum absolute atomic E-state index is 0.0899. The minimum Gasteiger partial charge on any atom is -0.391 e. The van der Waals surface area contributed by atoms with E-state index in [1.807, 2.05) is 0 Å². The van der Waals surface area contributed by atoms with Gasteiger partial charge in [-0.3, -0.25) is 9.59 Å². The van der Waals surface area contributed by atoms with Crippen molar-refractivity contribution in [1.82, 2.24) is 10.6 Å². The lowest BCUT2D eigenvalue weighted by molar-refractivity contribution is -0.125. The number of nitrogens with two attached hydrogens (primary N) is 1. The van der Waals surface area contributed by atoms with E-state index in [1.165, 1.54) is 0 Å². The highest BCUT2D eigenvalue weighted by Gasteiger charge is 2.29. The SMILES string of the molecule is NCC(=O)NCC(=O)NCC(O)C1CC1. The molecule has 1 unspecified atom stereocenters. The second-order valence-corrected chi connectivity index (χ2v) is 3.69. The zero-order chi connectivity index (χ0) is 11.3. The Morgan fingerprint density at radius 2 is 2.00 bits per heavy atom. The fraction of sp³-hybridized carbons (Fsp3) is 0.778. The van der Waals surface area contributed by atoms with Crippen LogP contribution in [0.25, 0.3) is 0 Å². The monoisotopic (exact) mass is 215 g/mol. The van der Waals surface area contributed by atoms with Crippen LogP contribution < -0.4 is 16.4 Å². The van der Waals surface area contributed by atoms with Crippen LogP contribution in [-0.2, 0) is 9.59 Å². The third-order valence-corrected chi connectivity index (χ3v) is 2.31. The molecule has 0 aromatic rings. The topological polar surface area (TPSA) is 104 Å². The summed E-state index contributed by atoms with van der Waals surface area (Å²) in [7, 11) is 0. The zero-order valence-electron chi connectivity index (χ0n) is 8.53. The molecule has 0 heterocycles. The summed E-state index contributed by atoms with van der Waals surface area (Å²) >= 11 is 0. The maximum atomic E-state index is 11.1. The first kappa shape index (κ1) is 11.9. The molecule has 15 heavy (non-hydrogen) atoms. The van der Waals surface area contributed by atoms with Gasteiger partial charge in [-0.05, 0) is 18.8 Å². The van der Waals surface area contributed by atoms with E-state index in [-0.39, 0.29) is 31.4 Å². The third-order valence-electron chi connectivity index (χ3n) is 2.31. The number of amides is 2. The maximum Gasteiger partial charge on any atom is 0.239 e. The van der Waals surface area contributed by atoms with Crippen LogP contribution in [0.2, 0.25) is 0 Å². The Morgan fingerprint density at radius 3 is 2.53 bits per heavy atom. The van der Waals surface area contributed by atoms with Crippen LogP contribution in [0.1, 0.15) is 12.8 Å². The van der Waals surface area contributed by atoms with Crippen LogP contribution in [0, 0.1) is 5.92 Å². The van der Waals surface area contributed by atoms with Gasteiger partial charge >= 0.3 is 0 Å². The Bertz CT molecular complexity index is 241. The molecule has 0 aliphatic heterocycles. The molecule has 2 amide bonds. The fourth-order valence-electron chi connectivity index (χ4n) is 1.18. The van der Waals surface area contributed by atoms with Gasteiger partial charge in [-0.1, -0.05) is 0 Å². The fourth-order valence-corrected chi connectivity index (χ4v) is 1.18. The van der Waals surface area contributed by atoms with E-state index in [0.29, 0.717) is 5.92 Å². The number of hydrogen-bond donors (Lipinski definition) is 4. The van der Waals surface area contributed by atoms with Crippen LogP contribution >= 0.6 is 0 Å². The molecular weight excluding hydrogens is 198 g/mol. The molecule has 0 saturated heterocycles. The Kier molecular flexibility index (Phi) is 4.51. The molecule has 1 rings (SSSR count). The summed E-state index contributed by atoms with van der Waals surface area (Å²) in [6.45, 7) is 0.0351. The van der Waals surface area contributed by atoms with Gasteiger partial charge in [0.2, 0.25) is 11.8 Å². The molecule has 0 spiro atoms. The highest BCUT2D eigenvalue weighted by atomic mass is 16.3. The van der Waals surface area contributed by atoms with E-state index in [1.54, 1.807) is 0 Å². The van der Waals surface area contributed by atoms with Gasteiger partial charge in [-0.25, -0.2) is 0 Å². The normalized spacial score (nSPS) is 16.9. The van der Waals surface area contributed by atoms with E-state index < -0.39 is 6.10 Å². The smallest absolute Gasteiger partial charge is 0.239 e. The number of rotatable bonds is 6. The van der Waals surface area contributed by atoms with E-state index in [4.69, 9.17) is 5.73 Å². The lowest BCUT2D eigenvalue weighted by Gasteiger charge is -2.10. The Hall–Kier alpha value is -1.14. The molecule has 0 radical (unpaired) electrons. The van der Waals surface area contributed by atoms with Crippen LogP contribution in [0.3, 0.4) is 0 Å². The Balaban J connectivity index is 2.04. The van der Waals surface area contributed by atoms with Crippen molar-refractivity contribution in [2.24, 2.45) is 11.7 Å². The van der Waals surface area contributed by atoms with Crippen LogP contribution in [0.15, 0.2) is 0 Å². The minimum atomic E-state index is -0.459.